The van der Waals surface area contributed by atoms with Crippen LogP contribution in [-0.4, -0.2) is 23.9 Å². The summed E-state index contributed by atoms with van der Waals surface area (Å²) in [6.07, 6.45) is 5.63. The first-order chi connectivity index (χ1) is 9.15. The summed E-state index contributed by atoms with van der Waals surface area (Å²) in [5.41, 5.74) is 2.84. The van der Waals surface area contributed by atoms with Gasteiger partial charge in [-0.15, -0.1) is 0 Å². The van der Waals surface area contributed by atoms with Gasteiger partial charge in [0.2, 0.25) is 5.69 Å². The normalized spacial score (nSPS) is 10.8. The highest BCUT2D eigenvalue weighted by atomic mass is 16.8. The zero-order chi connectivity index (χ0) is 14.1. The SMILES string of the molecule is CCCCCCNC(=O)N/N=C/c1no[n+]([O-])c1C. The van der Waals surface area contributed by atoms with E-state index in [0.29, 0.717) is 6.54 Å². The van der Waals surface area contributed by atoms with Crippen LogP contribution in [0.3, 0.4) is 0 Å². The lowest BCUT2D eigenvalue weighted by atomic mass is 10.2. The molecule has 19 heavy (non-hydrogen) atoms. The monoisotopic (exact) mass is 269 g/mol. The fraction of sp³-hybridized carbons (Fsp3) is 0.636. The Balaban J connectivity index is 2.21. The molecule has 2 amide bonds. The minimum Gasteiger partial charge on any atom is -0.359 e. The molecule has 0 aliphatic heterocycles. The van der Waals surface area contributed by atoms with Crippen LogP contribution in [-0.2, 0) is 0 Å². The van der Waals surface area contributed by atoms with Crippen LogP contribution in [0.1, 0.15) is 44.0 Å². The molecule has 0 spiro atoms. The number of hydrogen-bond acceptors (Lipinski definition) is 5. The summed E-state index contributed by atoms with van der Waals surface area (Å²) in [6.45, 7) is 4.29. The largest absolute Gasteiger partial charge is 0.359 e. The molecule has 1 aromatic rings. The van der Waals surface area contributed by atoms with E-state index in [0.717, 1.165) is 19.3 Å². The first-order valence-corrected chi connectivity index (χ1v) is 6.28. The van der Waals surface area contributed by atoms with Crippen molar-refractivity contribution in [1.82, 2.24) is 15.9 Å². The lowest BCUT2D eigenvalue weighted by Gasteiger charge is -2.02. The van der Waals surface area contributed by atoms with Gasteiger partial charge in [0.25, 0.3) is 5.69 Å². The fourth-order valence-electron chi connectivity index (χ4n) is 1.36. The van der Waals surface area contributed by atoms with Crippen molar-refractivity contribution in [3.63, 3.8) is 0 Å². The number of nitrogens with zero attached hydrogens (tertiary/aromatic N) is 3. The molecule has 8 heteroatoms. The van der Waals surface area contributed by atoms with Gasteiger partial charge in [0, 0.05) is 18.6 Å². The summed E-state index contributed by atoms with van der Waals surface area (Å²) in [7, 11) is 0. The average Bonchev–Trinajstić information content (AvgIpc) is 2.70. The van der Waals surface area contributed by atoms with Crippen LogP contribution in [0, 0.1) is 12.1 Å². The van der Waals surface area contributed by atoms with Crippen LogP contribution in [0.2, 0.25) is 0 Å². The molecule has 2 N–H and O–H groups in total. The van der Waals surface area contributed by atoms with Crippen molar-refractivity contribution < 1.29 is 14.3 Å². The third kappa shape index (κ3) is 5.36. The molecule has 0 aliphatic carbocycles. The molecule has 0 unspecified atom stereocenters. The van der Waals surface area contributed by atoms with Crippen LogP contribution >= 0.6 is 0 Å². The minimum absolute atomic E-state index is 0.273. The topological polar surface area (TPSA) is 106 Å². The predicted molar refractivity (Wildman–Crippen MR) is 68.5 cm³/mol. The minimum atomic E-state index is -0.385. The van der Waals surface area contributed by atoms with Crippen molar-refractivity contribution in [1.29, 1.82) is 0 Å². The van der Waals surface area contributed by atoms with Crippen LogP contribution < -0.4 is 15.6 Å². The number of aromatic nitrogens is 2. The summed E-state index contributed by atoms with van der Waals surface area (Å²) in [4.78, 5) is 11.6. The van der Waals surface area contributed by atoms with E-state index in [2.05, 4.69) is 32.6 Å². The second-order valence-electron chi connectivity index (χ2n) is 4.09. The second-order valence-corrected chi connectivity index (χ2v) is 4.09. The van der Waals surface area contributed by atoms with Gasteiger partial charge in [-0.25, -0.2) is 10.2 Å². The van der Waals surface area contributed by atoms with E-state index in [4.69, 9.17) is 0 Å². The number of unbranched alkanes of at least 4 members (excludes halogenated alkanes) is 3. The molecule has 0 fully saturated rings. The molecule has 0 radical (unpaired) electrons. The van der Waals surface area contributed by atoms with Gasteiger partial charge in [-0.3, -0.25) is 4.63 Å². The molecule has 1 aromatic heterocycles. The van der Waals surface area contributed by atoms with Crippen molar-refractivity contribution >= 4 is 12.2 Å². The van der Waals surface area contributed by atoms with Crippen molar-refractivity contribution in [3.05, 3.63) is 16.6 Å². The van der Waals surface area contributed by atoms with E-state index in [1.54, 1.807) is 6.92 Å². The number of carbonyl (C=O) groups is 1. The third-order valence-corrected chi connectivity index (χ3v) is 2.53. The Kier molecular flexibility index (Phi) is 6.34. The lowest BCUT2D eigenvalue weighted by molar-refractivity contribution is -0.806. The highest BCUT2D eigenvalue weighted by Crippen LogP contribution is 1.96. The van der Waals surface area contributed by atoms with Gasteiger partial charge < -0.3 is 10.5 Å². The van der Waals surface area contributed by atoms with Gasteiger partial charge in [-0.1, -0.05) is 26.2 Å². The average molecular weight is 269 g/mol. The van der Waals surface area contributed by atoms with E-state index in [9.17, 15) is 10.0 Å². The fourth-order valence-corrected chi connectivity index (χ4v) is 1.36. The number of urea groups is 1. The Morgan fingerprint density at radius 2 is 2.32 bits per heavy atom. The number of rotatable bonds is 7. The smallest absolute Gasteiger partial charge is 0.335 e. The highest BCUT2D eigenvalue weighted by Gasteiger charge is 2.11. The van der Waals surface area contributed by atoms with Gasteiger partial charge in [-0.05, 0) is 11.3 Å². The summed E-state index contributed by atoms with van der Waals surface area (Å²) in [6, 6.07) is -0.385. The molecular formula is C11H19N5O3. The van der Waals surface area contributed by atoms with Crippen molar-refractivity contribution in [2.75, 3.05) is 6.54 Å². The predicted octanol–water partition coefficient (Wildman–Crippen LogP) is 0.830. The number of nitrogens with one attached hydrogen (secondary N) is 2. The quantitative estimate of drug-likeness (QED) is 0.331. The Bertz CT molecular complexity index is 430. The summed E-state index contributed by atoms with van der Waals surface area (Å²) in [5, 5.41) is 20.7. The van der Waals surface area contributed by atoms with Crippen LogP contribution in [0.15, 0.2) is 9.73 Å². The summed E-state index contributed by atoms with van der Waals surface area (Å²) >= 11 is 0. The molecular weight excluding hydrogens is 250 g/mol. The molecule has 0 atom stereocenters. The van der Waals surface area contributed by atoms with Crippen LogP contribution in [0.4, 0.5) is 4.79 Å². The maximum absolute atomic E-state index is 11.3. The zero-order valence-corrected chi connectivity index (χ0v) is 11.2. The van der Waals surface area contributed by atoms with Crippen LogP contribution in [0.5, 0.6) is 0 Å². The van der Waals surface area contributed by atoms with Crippen molar-refractivity contribution in [3.8, 4) is 0 Å². The van der Waals surface area contributed by atoms with E-state index in [1.807, 2.05) is 0 Å². The molecule has 0 aromatic carbocycles. The Morgan fingerprint density at radius 3 is 2.95 bits per heavy atom. The summed E-state index contributed by atoms with van der Waals surface area (Å²) < 4.78 is 4.35. The van der Waals surface area contributed by atoms with Gasteiger partial charge in [-0.2, -0.15) is 5.10 Å². The number of hydrazone groups is 1. The standard InChI is InChI=1S/C11H19N5O3/c1-3-4-5-6-7-12-11(17)14-13-8-10-9(2)16(18)19-15-10/h8H,3-7H2,1-2H3,(H2,12,14,17)/b13-8+. The Hall–Kier alpha value is -2.12. The number of amides is 2. The lowest BCUT2D eigenvalue weighted by Crippen LogP contribution is -2.33. The second kappa shape index (κ2) is 8.06. The van der Waals surface area contributed by atoms with Crippen LogP contribution in [0.25, 0.3) is 0 Å². The maximum atomic E-state index is 11.3. The zero-order valence-electron chi connectivity index (χ0n) is 11.2. The van der Waals surface area contributed by atoms with E-state index in [-0.39, 0.29) is 22.3 Å². The molecule has 0 saturated carbocycles. The highest BCUT2D eigenvalue weighted by molar-refractivity contribution is 5.80. The van der Waals surface area contributed by atoms with Crippen molar-refractivity contribution in [2.45, 2.75) is 39.5 Å². The molecule has 0 bridgehead atoms. The number of hydrogen-bond donors (Lipinski definition) is 2. The first-order valence-electron chi connectivity index (χ1n) is 6.28. The van der Waals surface area contributed by atoms with E-state index < -0.39 is 0 Å². The van der Waals surface area contributed by atoms with Crippen molar-refractivity contribution in [2.24, 2.45) is 5.10 Å². The van der Waals surface area contributed by atoms with E-state index >= 15 is 0 Å². The number of carbonyl (C=O) groups excluding carboxylic acids is 1. The molecule has 8 nitrogen and oxygen atoms in total. The van der Waals surface area contributed by atoms with Gasteiger partial charge in [0.1, 0.15) is 6.21 Å². The van der Waals surface area contributed by atoms with Gasteiger partial charge in [0.15, 0.2) is 0 Å². The van der Waals surface area contributed by atoms with Gasteiger partial charge in [0.05, 0.1) is 0 Å². The van der Waals surface area contributed by atoms with E-state index in [1.165, 1.54) is 12.6 Å². The third-order valence-electron chi connectivity index (χ3n) is 2.53. The summed E-state index contributed by atoms with van der Waals surface area (Å²) in [5.74, 6) is 0. The first kappa shape index (κ1) is 14.9. The molecule has 0 saturated heterocycles. The molecule has 106 valence electrons. The molecule has 0 aliphatic rings. The Labute approximate surface area is 111 Å². The molecule has 1 rings (SSSR count). The Morgan fingerprint density at radius 1 is 1.53 bits per heavy atom. The maximum Gasteiger partial charge on any atom is 0.335 e. The molecule has 1 heterocycles. The van der Waals surface area contributed by atoms with Gasteiger partial charge >= 0.3 is 6.03 Å².